The average molecular weight is 274 g/mol. The van der Waals surface area contributed by atoms with Gasteiger partial charge in [-0.2, -0.15) is 0 Å². The van der Waals surface area contributed by atoms with Crippen LogP contribution < -0.4 is 0 Å². The maximum absolute atomic E-state index is 11.7. The van der Waals surface area contributed by atoms with E-state index in [9.17, 15) is 14.7 Å². The number of hydrogen-bond acceptors (Lipinski definition) is 4. The van der Waals surface area contributed by atoms with Crippen LogP contribution in [0.4, 0.5) is 0 Å². The van der Waals surface area contributed by atoms with Crippen molar-refractivity contribution in [2.45, 2.75) is 53.1 Å². The zero-order chi connectivity index (χ0) is 15.3. The molecule has 0 saturated carbocycles. The fourth-order valence-electron chi connectivity index (χ4n) is 1.95. The number of ether oxygens (including phenoxy) is 2. The van der Waals surface area contributed by atoms with E-state index in [0.29, 0.717) is 13.0 Å². The van der Waals surface area contributed by atoms with Crippen molar-refractivity contribution in [2.75, 3.05) is 13.7 Å². The van der Waals surface area contributed by atoms with Crippen molar-refractivity contribution >= 4 is 11.9 Å². The number of rotatable bonds is 7. The molecule has 1 N–H and O–H groups in total. The Labute approximate surface area is 115 Å². The summed E-state index contributed by atoms with van der Waals surface area (Å²) in [6, 6.07) is 0. The Hall–Kier alpha value is -1.10. The molecule has 0 saturated heterocycles. The van der Waals surface area contributed by atoms with Crippen LogP contribution in [-0.2, 0) is 19.1 Å². The number of hydrogen-bond donors (Lipinski definition) is 1. The summed E-state index contributed by atoms with van der Waals surface area (Å²) < 4.78 is 10.2. The first-order chi connectivity index (χ1) is 8.47. The Balaban J connectivity index is 4.59. The van der Waals surface area contributed by atoms with Gasteiger partial charge in [-0.3, -0.25) is 9.59 Å². The maximum atomic E-state index is 11.7. The molecule has 0 bridgehead atoms. The molecule has 0 fully saturated rings. The van der Waals surface area contributed by atoms with Crippen molar-refractivity contribution in [3.63, 3.8) is 0 Å². The number of methoxy groups -OCH3 is 1. The van der Waals surface area contributed by atoms with Crippen LogP contribution in [0.15, 0.2) is 0 Å². The molecular weight excluding hydrogens is 248 g/mol. The van der Waals surface area contributed by atoms with E-state index in [4.69, 9.17) is 9.47 Å². The minimum atomic E-state index is -0.977. The largest absolute Gasteiger partial charge is 0.481 e. The van der Waals surface area contributed by atoms with E-state index in [0.717, 1.165) is 0 Å². The lowest BCUT2D eigenvalue weighted by atomic mass is 9.82. The van der Waals surface area contributed by atoms with Gasteiger partial charge < -0.3 is 14.6 Å². The molecule has 0 unspecified atom stereocenters. The average Bonchev–Trinajstić information content (AvgIpc) is 2.12. The van der Waals surface area contributed by atoms with E-state index in [1.807, 2.05) is 13.8 Å². The lowest BCUT2D eigenvalue weighted by molar-refractivity contribution is -0.160. The summed E-state index contributed by atoms with van der Waals surface area (Å²) in [5.41, 5.74) is -0.887. The Kier molecular flexibility index (Phi) is 6.49. The third-order valence-corrected chi connectivity index (χ3v) is 2.52. The molecular formula is C14H26O5. The first kappa shape index (κ1) is 17.9. The van der Waals surface area contributed by atoms with Crippen LogP contribution in [0, 0.1) is 11.3 Å². The molecule has 0 aromatic rings. The molecule has 19 heavy (non-hydrogen) atoms. The van der Waals surface area contributed by atoms with Crippen LogP contribution in [-0.4, -0.2) is 36.4 Å². The molecule has 0 aliphatic heterocycles. The van der Waals surface area contributed by atoms with Crippen LogP contribution in [0.2, 0.25) is 0 Å². The van der Waals surface area contributed by atoms with Gasteiger partial charge in [0.2, 0.25) is 0 Å². The van der Waals surface area contributed by atoms with Gasteiger partial charge in [-0.1, -0.05) is 13.8 Å². The summed E-state index contributed by atoms with van der Waals surface area (Å²) in [6.07, 6.45) is 0.259. The zero-order valence-electron chi connectivity index (χ0n) is 12.8. The number of carboxylic acid groups (broad SMARTS) is 1. The van der Waals surface area contributed by atoms with Crippen molar-refractivity contribution in [1.29, 1.82) is 0 Å². The predicted octanol–water partition coefficient (Wildman–Crippen LogP) is 2.48. The summed E-state index contributed by atoms with van der Waals surface area (Å²) in [4.78, 5) is 22.9. The van der Waals surface area contributed by atoms with Gasteiger partial charge in [0.05, 0.1) is 18.9 Å². The Bertz CT molecular complexity index is 314. The van der Waals surface area contributed by atoms with Crippen LogP contribution >= 0.6 is 0 Å². The fourth-order valence-corrected chi connectivity index (χ4v) is 1.95. The van der Waals surface area contributed by atoms with Gasteiger partial charge in [-0.25, -0.2) is 0 Å². The molecule has 0 spiro atoms. The number of carbonyl (C=O) groups excluding carboxylic acids is 1. The smallest absolute Gasteiger partial charge is 0.307 e. The molecule has 0 heterocycles. The molecule has 0 rings (SSSR count). The quantitative estimate of drug-likeness (QED) is 0.722. The molecule has 0 aromatic carbocycles. The number of esters is 1. The zero-order valence-corrected chi connectivity index (χ0v) is 12.8. The standard InChI is InChI=1S/C14H26O5/c1-13(2,3)19-11(15)7-10(12(16)17)8-14(4,5)9-18-6/h10H,7-9H2,1-6H3,(H,16,17)/t10-/m0/s1. The number of aliphatic carboxylic acids is 1. The van der Waals surface area contributed by atoms with Crippen LogP contribution in [0.25, 0.3) is 0 Å². The molecule has 5 heteroatoms. The third kappa shape index (κ3) is 8.59. The minimum Gasteiger partial charge on any atom is -0.481 e. The third-order valence-electron chi connectivity index (χ3n) is 2.52. The Morgan fingerprint density at radius 1 is 1.16 bits per heavy atom. The summed E-state index contributed by atoms with van der Waals surface area (Å²) in [7, 11) is 1.57. The summed E-state index contributed by atoms with van der Waals surface area (Å²) in [6.45, 7) is 9.56. The predicted molar refractivity (Wildman–Crippen MR) is 71.9 cm³/mol. The van der Waals surface area contributed by atoms with E-state index < -0.39 is 23.5 Å². The van der Waals surface area contributed by atoms with Gasteiger partial charge in [0.1, 0.15) is 5.60 Å². The van der Waals surface area contributed by atoms with Gasteiger partial charge in [0.25, 0.3) is 0 Å². The van der Waals surface area contributed by atoms with Crippen molar-refractivity contribution < 1.29 is 24.2 Å². The normalized spacial score (nSPS) is 14.0. The van der Waals surface area contributed by atoms with E-state index in [1.165, 1.54) is 0 Å². The second-order valence-corrected chi connectivity index (χ2v) is 6.63. The second kappa shape index (κ2) is 6.89. The highest BCUT2D eigenvalue weighted by molar-refractivity contribution is 5.79. The molecule has 0 aliphatic carbocycles. The lowest BCUT2D eigenvalue weighted by Gasteiger charge is -2.27. The maximum Gasteiger partial charge on any atom is 0.307 e. The first-order valence-corrected chi connectivity index (χ1v) is 6.40. The van der Waals surface area contributed by atoms with Crippen molar-refractivity contribution in [3.05, 3.63) is 0 Å². The van der Waals surface area contributed by atoms with Crippen molar-refractivity contribution in [3.8, 4) is 0 Å². The second-order valence-electron chi connectivity index (χ2n) is 6.63. The van der Waals surface area contributed by atoms with Gasteiger partial charge >= 0.3 is 11.9 Å². The molecule has 0 amide bonds. The topological polar surface area (TPSA) is 72.8 Å². The van der Waals surface area contributed by atoms with Crippen molar-refractivity contribution in [2.24, 2.45) is 11.3 Å². The highest BCUT2D eigenvalue weighted by Crippen LogP contribution is 2.28. The van der Waals surface area contributed by atoms with E-state index in [1.54, 1.807) is 27.9 Å². The Morgan fingerprint density at radius 3 is 2.05 bits per heavy atom. The van der Waals surface area contributed by atoms with Crippen LogP contribution in [0.3, 0.4) is 0 Å². The molecule has 112 valence electrons. The molecule has 5 nitrogen and oxygen atoms in total. The van der Waals surface area contributed by atoms with Gasteiger partial charge in [-0.15, -0.1) is 0 Å². The SMILES string of the molecule is COCC(C)(C)C[C@H](CC(=O)OC(C)(C)C)C(=O)O. The monoisotopic (exact) mass is 274 g/mol. The van der Waals surface area contributed by atoms with Crippen LogP contribution in [0.5, 0.6) is 0 Å². The summed E-state index contributed by atoms with van der Waals surface area (Å²) in [5, 5.41) is 9.20. The minimum absolute atomic E-state index is 0.111. The van der Waals surface area contributed by atoms with Gasteiger partial charge in [0.15, 0.2) is 0 Å². The summed E-state index contributed by atoms with van der Waals surface area (Å²) in [5.74, 6) is -2.21. The first-order valence-electron chi connectivity index (χ1n) is 6.40. The summed E-state index contributed by atoms with van der Waals surface area (Å²) >= 11 is 0. The van der Waals surface area contributed by atoms with Crippen LogP contribution in [0.1, 0.15) is 47.5 Å². The molecule has 1 atom stereocenters. The highest BCUT2D eigenvalue weighted by Gasteiger charge is 2.31. The Morgan fingerprint density at radius 2 is 1.68 bits per heavy atom. The molecule has 0 radical (unpaired) electrons. The number of carbonyl (C=O) groups is 2. The van der Waals surface area contributed by atoms with E-state index in [-0.39, 0.29) is 11.8 Å². The molecule has 0 aliphatic rings. The van der Waals surface area contributed by atoms with Gasteiger partial charge in [-0.05, 0) is 32.6 Å². The molecule has 0 aromatic heterocycles. The van der Waals surface area contributed by atoms with E-state index in [2.05, 4.69) is 0 Å². The van der Waals surface area contributed by atoms with Gasteiger partial charge in [0, 0.05) is 7.11 Å². The van der Waals surface area contributed by atoms with E-state index >= 15 is 0 Å². The fraction of sp³-hybridized carbons (Fsp3) is 0.857. The van der Waals surface area contributed by atoms with Crippen molar-refractivity contribution in [1.82, 2.24) is 0 Å². The number of carboxylic acids is 1. The lowest BCUT2D eigenvalue weighted by Crippen LogP contribution is -2.31. The highest BCUT2D eigenvalue weighted by atomic mass is 16.6.